The molecule has 2 rings (SSSR count). The Hall–Kier alpha value is -0.760. The summed E-state index contributed by atoms with van der Waals surface area (Å²) in [5.74, 6) is -1.30. The van der Waals surface area contributed by atoms with Gasteiger partial charge in [-0.3, -0.25) is 4.90 Å². The number of rotatable bonds is 4. The van der Waals surface area contributed by atoms with Gasteiger partial charge in [-0.1, -0.05) is 6.07 Å². The average Bonchev–Trinajstić information content (AvgIpc) is 2.43. The predicted octanol–water partition coefficient (Wildman–Crippen LogP) is 3.66. The van der Waals surface area contributed by atoms with E-state index in [0.717, 1.165) is 6.07 Å². The van der Waals surface area contributed by atoms with E-state index in [2.05, 4.69) is 5.32 Å². The fraction of sp³-hybridized carbons (Fsp3) is 0.571. The van der Waals surface area contributed by atoms with E-state index in [9.17, 15) is 22.7 Å². The Balaban J connectivity index is 0.00000242. The molecule has 0 aromatic heterocycles. The van der Waals surface area contributed by atoms with Crippen molar-refractivity contribution in [1.29, 1.82) is 0 Å². The molecule has 1 fully saturated rings. The number of benzene rings is 1. The van der Waals surface area contributed by atoms with E-state index in [1.165, 1.54) is 12.1 Å². The van der Waals surface area contributed by atoms with E-state index < -0.39 is 30.2 Å². The molecule has 0 amide bonds. The molecule has 3 nitrogen and oxygen atoms in total. The summed E-state index contributed by atoms with van der Waals surface area (Å²) in [7, 11) is 0. The van der Waals surface area contributed by atoms with Crippen molar-refractivity contribution in [2.75, 3.05) is 26.2 Å². The third-order valence-electron chi connectivity index (χ3n) is 3.65. The monoisotopic (exact) mass is 378 g/mol. The van der Waals surface area contributed by atoms with Crippen LogP contribution in [0.3, 0.4) is 0 Å². The number of nitrogens with one attached hydrogen (secondary N) is 1. The molecule has 0 unspecified atom stereocenters. The number of halogens is 6. The number of aromatic hydroxyl groups is 1. The fourth-order valence-electron chi connectivity index (χ4n) is 2.58. The van der Waals surface area contributed by atoms with Crippen LogP contribution in [-0.2, 0) is 0 Å². The largest absolute Gasteiger partial charge is 0.505 e. The second kappa shape index (κ2) is 9.52. The van der Waals surface area contributed by atoms with Crippen LogP contribution in [0.5, 0.6) is 5.75 Å². The molecule has 2 N–H and O–H groups in total. The summed E-state index contributed by atoms with van der Waals surface area (Å²) in [6, 6.07) is 3.30. The van der Waals surface area contributed by atoms with Gasteiger partial charge in [0.15, 0.2) is 11.6 Å². The van der Waals surface area contributed by atoms with E-state index in [1.807, 2.05) is 4.90 Å². The molecular weight excluding hydrogens is 359 g/mol. The summed E-state index contributed by atoms with van der Waals surface area (Å²) in [5.41, 5.74) is 0.469. The van der Waals surface area contributed by atoms with Gasteiger partial charge in [0.25, 0.3) is 0 Å². The number of hydrogen-bond acceptors (Lipinski definition) is 3. The highest BCUT2D eigenvalue weighted by molar-refractivity contribution is 5.85. The molecule has 0 bridgehead atoms. The number of phenolic OH excluding ortho intramolecular Hbond substituents is 1. The second-order valence-corrected chi connectivity index (χ2v) is 5.17. The molecule has 0 radical (unpaired) electrons. The minimum Gasteiger partial charge on any atom is -0.505 e. The van der Waals surface area contributed by atoms with Gasteiger partial charge >= 0.3 is 6.18 Å². The number of piperazine rings is 1. The van der Waals surface area contributed by atoms with Gasteiger partial charge in [0.05, 0.1) is 0 Å². The summed E-state index contributed by atoms with van der Waals surface area (Å²) in [4.78, 5) is 1.92. The molecule has 1 aliphatic heterocycles. The summed E-state index contributed by atoms with van der Waals surface area (Å²) in [5, 5.41) is 12.4. The molecule has 9 heteroatoms. The second-order valence-electron chi connectivity index (χ2n) is 5.17. The molecule has 23 heavy (non-hydrogen) atoms. The highest BCUT2D eigenvalue weighted by Crippen LogP contribution is 2.33. The minimum absolute atomic E-state index is 0. The van der Waals surface area contributed by atoms with Crippen LogP contribution >= 0.6 is 24.8 Å². The summed E-state index contributed by atoms with van der Waals surface area (Å²) in [6.07, 6.45) is -5.26. The molecule has 0 spiro atoms. The van der Waals surface area contributed by atoms with E-state index in [0.29, 0.717) is 31.7 Å². The van der Waals surface area contributed by atoms with Crippen molar-refractivity contribution < 1.29 is 22.7 Å². The molecule has 0 aliphatic carbocycles. The minimum atomic E-state index is -4.23. The van der Waals surface area contributed by atoms with Gasteiger partial charge in [0.1, 0.15) is 0 Å². The molecule has 1 heterocycles. The van der Waals surface area contributed by atoms with Crippen LogP contribution in [0.2, 0.25) is 0 Å². The molecule has 1 aromatic rings. The first-order valence-electron chi connectivity index (χ1n) is 6.87. The van der Waals surface area contributed by atoms with Crippen LogP contribution in [-0.4, -0.2) is 42.4 Å². The zero-order valence-corrected chi connectivity index (χ0v) is 13.9. The maximum atomic E-state index is 13.5. The molecule has 1 aliphatic rings. The smallest absolute Gasteiger partial charge is 0.389 e. The Kier molecular flexibility index (Phi) is 9.20. The van der Waals surface area contributed by atoms with Gasteiger partial charge in [-0.05, 0) is 24.1 Å². The topological polar surface area (TPSA) is 35.5 Å². The van der Waals surface area contributed by atoms with Crippen molar-refractivity contribution in [3.63, 3.8) is 0 Å². The van der Waals surface area contributed by atoms with Crippen molar-refractivity contribution in [1.82, 2.24) is 10.2 Å². The standard InChI is InChI=1S/C14H18F4N2O.2ClH/c15-11-9-10(1-2-13(11)21)12(3-4-14(16,17)18)20-7-5-19-6-8-20;;/h1-2,9,12,19,21H,3-8H2;2*1H/t12-;;/m0../s1. The highest BCUT2D eigenvalue weighted by atomic mass is 35.5. The first-order valence-corrected chi connectivity index (χ1v) is 6.87. The van der Waals surface area contributed by atoms with Crippen LogP contribution in [0.25, 0.3) is 0 Å². The summed E-state index contributed by atoms with van der Waals surface area (Å²) < 4.78 is 51.0. The lowest BCUT2D eigenvalue weighted by molar-refractivity contribution is -0.138. The molecular formula is C14H20Cl2F4N2O. The van der Waals surface area contributed by atoms with Gasteiger partial charge in [0.2, 0.25) is 0 Å². The van der Waals surface area contributed by atoms with E-state index >= 15 is 0 Å². The van der Waals surface area contributed by atoms with Crippen LogP contribution in [0.15, 0.2) is 18.2 Å². The average molecular weight is 379 g/mol. The zero-order valence-electron chi connectivity index (χ0n) is 12.3. The lowest BCUT2D eigenvalue weighted by Gasteiger charge is -2.35. The summed E-state index contributed by atoms with van der Waals surface area (Å²) in [6.45, 7) is 2.63. The van der Waals surface area contributed by atoms with Gasteiger partial charge in [-0.25, -0.2) is 4.39 Å². The van der Waals surface area contributed by atoms with Crippen molar-refractivity contribution in [3.05, 3.63) is 29.6 Å². The molecule has 134 valence electrons. The van der Waals surface area contributed by atoms with Gasteiger partial charge in [0, 0.05) is 38.6 Å². The summed E-state index contributed by atoms with van der Waals surface area (Å²) >= 11 is 0. The van der Waals surface area contributed by atoms with Gasteiger partial charge in [-0.2, -0.15) is 13.2 Å². The first kappa shape index (κ1) is 22.2. The Labute approximate surface area is 144 Å². The molecule has 1 atom stereocenters. The van der Waals surface area contributed by atoms with Crippen molar-refractivity contribution >= 4 is 24.8 Å². The third kappa shape index (κ3) is 6.71. The van der Waals surface area contributed by atoms with E-state index in [-0.39, 0.29) is 31.2 Å². The van der Waals surface area contributed by atoms with Crippen molar-refractivity contribution in [2.45, 2.75) is 25.1 Å². The maximum Gasteiger partial charge on any atom is 0.389 e. The third-order valence-corrected chi connectivity index (χ3v) is 3.65. The maximum absolute atomic E-state index is 13.5. The number of nitrogens with zero attached hydrogens (tertiary/aromatic N) is 1. The SMILES string of the molecule is Cl.Cl.Oc1ccc([C@H](CCC(F)(F)F)N2CCNCC2)cc1F. The van der Waals surface area contributed by atoms with Crippen molar-refractivity contribution in [3.8, 4) is 5.75 Å². The van der Waals surface area contributed by atoms with Crippen molar-refractivity contribution in [2.24, 2.45) is 0 Å². The quantitative estimate of drug-likeness (QED) is 0.784. The lowest BCUT2D eigenvalue weighted by Crippen LogP contribution is -2.45. The van der Waals surface area contributed by atoms with E-state index in [4.69, 9.17) is 0 Å². The Morgan fingerprint density at radius 2 is 1.78 bits per heavy atom. The molecule has 0 saturated carbocycles. The number of alkyl halides is 3. The van der Waals surface area contributed by atoms with Gasteiger partial charge in [-0.15, -0.1) is 24.8 Å². The van der Waals surface area contributed by atoms with Gasteiger partial charge < -0.3 is 10.4 Å². The number of hydrogen-bond donors (Lipinski definition) is 2. The number of phenols is 1. The van der Waals surface area contributed by atoms with Crippen LogP contribution in [0.1, 0.15) is 24.4 Å². The highest BCUT2D eigenvalue weighted by Gasteiger charge is 2.31. The Morgan fingerprint density at radius 3 is 2.30 bits per heavy atom. The van der Waals surface area contributed by atoms with E-state index in [1.54, 1.807) is 0 Å². The first-order chi connectivity index (χ1) is 9.87. The Morgan fingerprint density at radius 1 is 1.17 bits per heavy atom. The zero-order chi connectivity index (χ0) is 15.5. The molecule has 1 saturated heterocycles. The van der Waals surface area contributed by atoms with Crippen LogP contribution < -0.4 is 5.32 Å². The van der Waals surface area contributed by atoms with Crippen LogP contribution in [0.4, 0.5) is 17.6 Å². The normalized spacial score (nSPS) is 17.0. The predicted molar refractivity (Wildman–Crippen MR) is 85.0 cm³/mol. The lowest BCUT2D eigenvalue weighted by atomic mass is 9.99. The fourth-order valence-corrected chi connectivity index (χ4v) is 2.58. The van der Waals surface area contributed by atoms with Crippen LogP contribution in [0, 0.1) is 5.82 Å². The Bertz CT molecular complexity index is 482. The molecule has 1 aromatic carbocycles.